The van der Waals surface area contributed by atoms with E-state index in [1.165, 1.54) is 11.1 Å². The van der Waals surface area contributed by atoms with Gasteiger partial charge in [-0.2, -0.15) is 0 Å². The van der Waals surface area contributed by atoms with Crippen LogP contribution < -0.4 is 27.8 Å². The zero-order chi connectivity index (χ0) is 57.6. The third-order valence-electron chi connectivity index (χ3n) is 14.7. The Morgan fingerprint density at radius 3 is 1.75 bits per heavy atom. The molecule has 0 saturated carbocycles. The van der Waals surface area contributed by atoms with Gasteiger partial charge >= 0.3 is 5.69 Å². The monoisotopic (exact) mass is 1130 g/mol. The summed E-state index contributed by atoms with van der Waals surface area (Å²) in [5, 5.41) is 9.28. The molecule has 15 nitrogen and oxygen atoms in total. The molecule has 6 aromatic heterocycles. The Hall–Kier alpha value is -11.0. The van der Waals surface area contributed by atoms with Gasteiger partial charge in [0.1, 0.15) is 17.3 Å². The lowest BCUT2D eigenvalue weighted by Gasteiger charge is -2.30. The maximum atomic E-state index is 12.1. The molecular formula is C69H56N14OS. The topological polar surface area (TPSA) is 206 Å². The van der Waals surface area contributed by atoms with Crippen LogP contribution in [0.15, 0.2) is 260 Å². The molecule has 1 aliphatic heterocycles. The quantitative estimate of drug-likeness (QED) is 0.0641. The number of rotatable bonds is 5. The van der Waals surface area contributed by atoms with E-state index in [0.29, 0.717) is 17.0 Å². The van der Waals surface area contributed by atoms with Crippen LogP contribution in [0.4, 0.5) is 11.4 Å². The molecule has 7 heterocycles. The lowest BCUT2D eigenvalue weighted by atomic mass is 10.1. The molecule has 1 aliphatic rings. The summed E-state index contributed by atoms with van der Waals surface area (Å²) >= 11 is 5.39. The van der Waals surface area contributed by atoms with E-state index < -0.39 is 0 Å². The van der Waals surface area contributed by atoms with Crippen molar-refractivity contribution in [2.24, 2.45) is 5.73 Å². The number of fused-ring (bicyclic) bond motifs is 16. The van der Waals surface area contributed by atoms with Gasteiger partial charge in [0.2, 0.25) is 4.77 Å². The van der Waals surface area contributed by atoms with Crippen LogP contribution >= 0.6 is 12.2 Å². The first kappa shape index (κ1) is 53.3. The summed E-state index contributed by atoms with van der Waals surface area (Å²) in [4.78, 5) is 40.1. The molecule has 10 aromatic carbocycles. The Bertz CT molecular complexity index is 4950. The van der Waals surface area contributed by atoms with Gasteiger partial charge in [-0.05, 0) is 120 Å². The predicted octanol–water partition coefficient (Wildman–Crippen LogP) is 14.4. The zero-order valence-electron chi connectivity index (χ0n) is 45.8. The number of hydrogen-bond donors (Lipinski definition) is 7. The van der Waals surface area contributed by atoms with E-state index in [1.807, 2.05) is 186 Å². The van der Waals surface area contributed by atoms with Gasteiger partial charge in [0.15, 0.2) is 11.9 Å². The van der Waals surface area contributed by atoms with Crippen molar-refractivity contribution < 1.29 is 0 Å². The molecule has 0 fully saturated rings. The van der Waals surface area contributed by atoms with E-state index in [1.54, 1.807) is 4.40 Å². The number of hydrogen-bond acceptors (Lipinski definition) is 10. The summed E-state index contributed by atoms with van der Waals surface area (Å²) in [5.74, 6) is 1.82. The Morgan fingerprint density at radius 2 is 1.04 bits per heavy atom. The van der Waals surface area contributed by atoms with Crippen molar-refractivity contribution in [3.8, 4) is 22.8 Å². The van der Waals surface area contributed by atoms with Crippen molar-refractivity contribution in [3.05, 3.63) is 281 Å². The maximum absolute atomic E-state index is 12.1. The number of benzene rings is 10. The van der Waals surface area contributed by atoms with Crippen LogP contribution in [0, 0.1) is 4.77 Å². The second kappa shape index (κ2) is 23.8. The molecule has 0 saturated heterocycles. The molecule has 0 bridgehead atoms. The third kappa shape index (κ3) is 10.9. The highest BCUT2D eigenvalue weighted by Gasteiger charge is 2.26. The predicted molar refractivity (Wildman–Crippen MR) is 348 cm³/mol. The van der Waals surface area contributed by atoms with Crippen LogP contribution in [-0.4, -0.2) is 48.3 Å². The van der Waals surface area contributed by atoms with Gasteiger partial charge in [-0.1, -0.05) is 158 Å². The van der Waals surface area contributed by atoms with E-state index in [9.17, 15) is 4.79 Å². The molecule has 9 N–H and O–H groups in total. The summed E-state index contributed by atoms with van der Waals surface area (Å²) in [6.45, 7) is 1.42. The van der Waals surface area contributed by atoms with Crippen LogP contribution in [0.25, 0.3) is 100 Å². The first-order chi connectivity index (χ1) is 41.9. The van der Waals surface area contributed by atoms with Gasteiger partial charge in [-0.15, -0.1) is 0 Å². The highest BCUT2D eigenvalue weighted by molar-refractivity contribution is 7.71. The minimum Gasteiger partial charge on any atom is -0.398 e. The van der Waals surface area contributed by atoms with Gasteiger partial charge in [-0.25, -0.2) is 29.1 Å². The first-order valence-electron chi connectivity index (χ1n) is 27.8. The average Bonchev–Trinajstić information content (AvgIpc) is 2.43. The summed E-state index contributed by atoms with van der Waals surface area (Å²) in [7, 11) is 0. The van der Waals surface area contributed by atoms with E-state index in [-0.39, 0.29) is 12.0 Å². The number of H-pyrrole nitrogens is 3. The molecule has 0 spiro atoms. The van der Waals surface area contributed by atoms with Gasteiger partial charge in [0, 0.05) is 46.4 Å². The van der Waals surface area contributed by atoms with Gasteiger partial charge in [-0.3, -0.25) is 14.3 Å². The second-order valence-corrected chi connectivity index (χ2v) is 20.5. The van der Waals surface area contributed by atoms with Crippen LogP contribution in [0.5, 0.6) is 0 Å². The molecule has 1 unspecified atom stereocenters. The number of nitrogen functional groups attached to an aromatic ring is 1. The minimum atomic E-state index is -0.155. The summed E-state index contributed by atoms with van der Waals surface area (Å²) < 4.78 is 6.45. The fourth-order valence-electron chi connectivity index (χ4n) is 10.6. The van der Waals surface area contributed by atoms with Gasteiger partial charge in [0.25, 0.3) is 0 Å². The number of aromatic nitrogens is 10. The molecule has 16 aromatic rings. The number of nitrogens with one attached hydrogen (secondary N) is 5. The summed E-state index contributed by atoms with van der Waals surface area (Å²) in [6.07, 6.45) is -0.0440. The first-order valence-corrected chi connectivity index (χ1v) is 28.2. The number of nitrogens with zero attached hydrogens (tertiary/aromatic N) is 7. The fraction of sp³-hybridized carbons (Fsp3) is 0.0435. The Balaban J connectivity index is 0.000000102. The van der Waals surface area contributed by atoms with E-state index in [0.717, 1.165) is 112 Å². The Labute approximate surface area is 492 Å². The third-order valence-corrected chi connectivity index (χ3v) is 15.0. The maximum Gasteiger partial charge on any atom is 0.332 e. The smallest absolute Gasteiger partial charge is 0.332 e. The molecule has 0 amide bonds. The fourth-order valence-corrected chi connectivity index (χ4v) is 10.9. The summed E-state index contributed by atoms with van der Waals surface area (Å²) in [5.41, 5.74) is 28.9. The molecule has 0 aliphatic carbocycles. The molecule has 0 radical (unpaired) electrons. The van der Waals surface area contributed by atoms with E-state index >= 15 is 0 Å². The number of imidazole rings is 4. The van der Waals surface area contributed by atoms with Crippen molar-refractivity contribution in [1.29, 1.82) is 0 Å². The van der Waals surface area contributed by atoms with Crippen molar-refractivity contribution in [3.63, 3.8) is 0 Å². The van der Waals surface area contributed by atoms with Crippen molar-refractivity contribution in [1.82, 2.24) is 53.6 Å². The molecular weight excluding hydrogens is 1070 g/mol. The van der Waals surface area contributed by atoms with Gasteiger partial charge in [0.05, 0.1) is 55.2 Å². The number of aromatic amines is 3. The highest BCUT2D eigenvalue weighted by Crippen LogP contribution is 2.37. The average molecular weight is 1130 g/mol. The summed E-state index contributed by atoms with van der Waals surface area (Å²) in [6, 6.07) is 84.2. The van der Waals surface area contributed by atoms with E-state index in [2.05, 4.69) is 118 Å². The van der Waals surface area contributed by atoms with Crippen LogP contribution in [-0.2, 0) is 13.1 Å². The van der Waals surface area contributed by atoms with Crippen molar-refractivity contribution in [2.45, 2.75) is 19.4 Å². The molecule has 17 rings (SSSR count). The lowest BCUT2D eigenvalue weighted by Crippen LogP contribution is -2.35. The standard InChI is InChI=1S/C21H18N4.C14H9N3O.C14H9N3S.C13H11N3.C7H9N/c1-2-8-15(9-3-1)14-22-21-24-17-11-5-4-10-16(17)20-23-18-12-6-7-13-19(18)25(20)21;2*18-14-16-10-6-2-1-5-9(10)13-15-11-7-3-4-8-12(11)17(13)14;14-10-6-2-1-5-9(10)13-15-11-7-3-4-8-12(11)16-13;8-6-7-4-2-1-3-5-7/h1-13,21-22,24H,14H2;1-8H,(H,16,18);1-8,15H;1-8H,14H2,(H,15,16);1-5H,6,8H2. The normalized spacial score (nSPS) is 12.3. The van der Waals surface area contributed by atoms with Crippen molar-refractivity contribution >= 4 is 101 Å². The number of anilines is 2. The Kier molecular flexibility index (Phi) is 14.9. The van der Waals surface area contributed by atoms with Gasteiger partial charge < -0.3 is 31.7 Å². The SMILES string of the molecule is NCc1ccccc1.Nc1ccccc1-c1nc2ccccc2[nH]1.O=c1[nH]c2ccccc2c2nc3ccccc3n12.S=c1nc2ccccc2c2[nH]c3ccccc3n12.c1ccc(CNC2Nc3ccccc3-c3nc4ccccc4n32)cc1. The van der Waals surface area contributed by atoms with Crippen molar-refractivity contribution in [2.75, 3.05) is 11.1 Å². The zero-order valence-corrected chi connectivity index (χ0v) is 46.7. The highest BCUT2D eigenvalue weighted by atomic mass is 32.1. The number of nitrogens with two attached hydrogens (primary N) is 2. The number of para-hydroxylation sites is 12. The van der Waals surface area contributed by atoms with E-state index in [4.69, 9.17) is 28.7 Å². The van der Waals surface area contributed by atoms with Crippen LogP contribution in [0.1, 0.15) is 17.4 Å². The second-order valence-electron chi connectivity index (χ2n) is 20.1. The molecule has 16 heteroatoms. The molecule has 1 atom stereocenters. The largest absolute Gasteiger partial charge is 0.398 e. The lowest BCUT2D eigenvalue weighted by molar-refractivity contribution is 0.456. The molecule has 85 heavy (non-hydrogen) atoms. The Morgan fingerprint density at radius 1 is 0.471 bits per heavy atom. The molecule has 414 valence electrons. The van der Waals surface area contributed by atoms with Crippen LogP contribution in [0.2, 0.25) is 0 Å². The minimum absolute atomic E-state index is 0.0440. The van der Waals surface area contributed by atoms with Crippen LogP contribution in [0.3, 0.4) is 0 Å².